The molecule has 0 radical (unpaired) electrons. The van der Waals surface area contributed by atoms with E-state index in [1.165, 1.54) is 4.88 Å². The van der Waals surface area contributed by atoms with Crippen LogP contribution in [0.1, 0.15) is 42.3 Å². The van der Waals surface area contributed by atoms with Gasteiger partial charge in [0.25, 0.3) is 0 Å². The molecule has 0 amide bonds. The number of ether oxygens (including phenoxy) is 1. The van der Waals surface area contributed by atoms with Crippen molar-refractivity contribution in [3.8, 4) is 0 Å². The van der Waals surface area contributed by atoms with Crippen molar-refractivity contribution < 1.29 is 4.74 Å². The number of aryl methyl sites for hydroxylation is 2. The fourth-order valence-electron chi connectivity index (χ4n) is 1.88. The van der Waals surface area contributed by atoms with Crippen LogP contribution in [0.25, 0.3) is 0 Å². The third-order valence-corrected chi connectivity index (χ3v) is 4.01. The zero-order valence-corrected chi connectivity index (χ0v) is 12.1. The van der Waals surface area contributed by atoms with Crippen LogP contribution in [0.4, 0.5) is 0 Å². The lowest BCUT2D eigenvalue weighted by Gasteiger charge is -2.22. The van der Waals surface area contributed by atoms with Gasteiger partial charge in [-0.05, 0) is 27.2 Å². The minimum Gasteiger partial charge on any atom is -0.377 e. The fourth-order valence-corrected chi connectivity index (χ4v) is 2.88. The average molecular weight is 256 g/mol. The van der Waals surface area contributed by atoms with E-state index < -0.39 is 0 Å². The summed E-state index contributed by atoms with van der Waals surface area (Å²) in [6, 6.07) is 0.0554. The second kappa shape index (κ2) is 7.09. The highest BCUT2D eigenvalue weighted by Gasteiger charge is 2.19. The van der Waals surface area contributed by atoms with Crippen molar-refractivity contribution in [3.63, 3.8) is 0 Å². The molecule has 0 aliphatic carbocycles. The molecule has 1 rings (SSSR count). The molecule has 2 N–H and O–H groups in total. The van der Waals surface area contributed by atoms with Gasteiger partial charge in [-0.2, -0.15) is 0 Å². The number of aromatic nitrogens is 1. The lowest BCUT2D eigenvalue weighted by atomic mass is 10.0. The van der Waals surface area contributed by atoms with Gasteiger partial charge in [0.1, 0.15) is 0 Å². The van der Waals surface area contributed by atoms with Gasteiger partial charge in [0.05, 0.1) is 16.8 Å². The molecule has 0 aliphatic heterocycles. The lowest BCUT2D eigenvalue weighted by molar-refractivity contribution is 0.0378. The van der Waals surface area contributed by atoms with Gasteiger partial charge in [0, 0.05) is 23.9 Å². The molecule has 3 nitrogen and oxygen atoms in total. The van der Waals surface area contributed by atoms with Crippen LogP contribution in [0, 0.1) is 13.8 Å². The van der Waals surface area contributed by atoms with Crippen LogP contribution < -0.4 is 5.73 Å². The third-order valence-electron chi connectivity index (χ3n) is 2.91. The Hall–Kier alpha value is -0.450. The zero-order chi connectivity index (χ0) is 12.8. The molecule has 2 unspecified atom stereocenters. The summed E-state index contributed by atoms with van der Waals surface area (Å²) in [6.07, 6.45) is 3.12. The van der Waals surface area contributed by atoms with E-state index in [1.807, 2.05) is 13.8 Å². The quantitative estimate of drug-likeness (QED) is 0.816. The van der Waals surface area contributed by atoms with Crippen molar-refractivity contribution >= 4 is 11.3 Å². The number of nitrogens with two attached hydrogens (primary N) is 1. The number of hydrogen-bond donors (Lipinski definition) is 1. The summed E-state index contributed by atoms with van der Waals surface area (Å²) in [5.41, 5.74) is 7.35. The van der Waals surface area contributed by atoms with Crippen LogP contribution in [0.15, 0.2) is 0 Å². The molecule has 0 saturated carbocycles. The summed E-state index contributed by atoms with van der Waals surface area (Å²) in [4.78, 5) is 5.82. The smallest absolute Gasteiger partial charge is 0.0947 e. The van der Waals surface area contributed by atoms with E-state index in [0.717, 1.165) is 36.6 Å². The summed E-state index contributed by atoms with van der Waals surface area (Å²) < 4.78 is 5.71. The Labute approximate surface area is 108 Å². The molecule has 1 aromatic heterocycles. The number of thiazole rings is 1. The largest absolute Gasteiger partial charge is 0.377 e. The van der Waals surface area contributed by atoms with Crippen LogP contribution >= 0.6 is 11.3 Å². The third kappa shape index (κ3) is 4.37. The summed E-state index contributed by atoms with van der Waals surface area (Å²) in [5, 5.41) is 1.13. The topological polar surface area (TPSA) is 48.1 Å². The fraction of sp³-hybridized carbons (Fsp3) is 0.769. The van der Waals surface area contributed by atoms with E-state index in [9.17, 15) is 0 Å². The Morgan fingerprint density at radius 3 is 2.53 bits per heavy atom. The van der Waals surface area contributed by atoms with E-state index in [0.29, 0.717) is 0 Å². The van der Waals surface area contributed by atoms with E-state index in [-0.39, 0.29) is 12.1 Å². The molecule has 0 bridgehead atoms. The Morgan fingerprint density at radius 2 is 2.06 bits per heavy atom. The summed E-state index contributed by atoms with van der Waals surface area (Å²) >= 11 is 1.75. The molecule has 2 atom stereocenters. The second-order valence-electron chi connectivity index (χ2n) is 4.40. The monoisotopic (exact) mass is 256 g/mol. The van der Waals surface area contributed by atoms with E-state index in [4.69, 9.17) is 10.5 Å². The van der Waals surface area contributed by atoms with Crippen LogP contribution in [0.2, 0.25) is 0 Å². The van der Waals surface area contributed by atoms with E-state index >= 15 is 0 Å². The normalized spacial score (nSPS) is 14.9. The molecular formula is C13H24N2OS. The maximum atomic E-state index is 6.22. The summed E-state index contributed by atoms with van der Waals surface area (Å²) in [5.74, 6) is 0. The van der Waals surface area contributed by atoms with Gasteiger partial charge >= 0.3 is 0 Å². The van der Waals surface area contributed by atoms with Gasteiger partial charge < -0.3 is 10.5 Å². The molecule has 0 saturated heterocycles. The van der Waals surface area contributed by atoms with Crippen LogP contribution in [-0.4, -0.2) is 23.7 Å². The number of nitrogens with zero attached hydrogens (tertiary/aromatic N) is 1. The first kappa shape index (κ1) is 14.6. The maximum absolute atomic E-state index is 6.22. The highest BCUT2D eigenvalue weighted by molar-refractivity contribution is 7.11. The first-order valence-corrected chi connectivity index (χ1v) is 7.20. The van der Waals surface area contributed by atoms with Gasteiger partial charge in [-0.3, -0.25) is 0 Å². The Kier molecular flexibility index (Phi) is 6.09. The molecule has 0 aromatic carbocycles. The minimum atomic E-state index is 0.0554. The molecule has 17 heavy (non-hydrogen) atoms. The highest BCUT2D eigenvalue weighted by atomic mass is 32.1. The molecule has 0 aliphatic rings. The van der Waals surface area contributed by atoms with Gasteiger partial charge in [-0.15, -0.1) is 11.3 Å². The Balaban J connectivity index is 2.58. The molecule has 0 spiro atoms. The summed E-state index contributed by atoms with van der Waals surface area (Å²) in [6.45, 7) is 9.07. The molecule has 4 heteroatoms. The average Bonchev–Trinajstić information content (AvgIpc) is 2.57. The molecule has 1 aromatic rings. The molecule has 1 heterocycles. The minimum absolute atomic E-state index is 0.0554. The van der Waals surface area contributed by atoms with Crippen molar-refractivity contribution in [1.82, 2.24) is 4.98 Å². The van der Waals surface area contributed by atoms with Gasteiger partial charge in [0.2, 0.25) is 0 Å². The van der Waals surface area contributed by atoms with Gasteiger partial charge in [-0.25, -0.2) is 4.98 Å². The van der Waals surface area contributed by atoms with E-state index in [1.54, 1.807) is 11.3 Å². The summed E-state index contributed by atoms with van der Waals surface area (Å²) in [7, 11) is 0. The van der Waals surface area contributed by atoms with Crippen LogP contribution in [0.5, 0.6) is 0 Å². The standard InChI is InChI=1S/C13H24N2OS/c1-5-7-12(16-6-2)11(14)8-13-15-9(3)10(4)17-13/h11-12H,5-8,14H2,1-4H3. The Morgan fingerprint density at radius 1 is 1.35 bits per heavy atom. The SMILES string of the molecule is CCCC(OCC)C(N)Cc1nc(C)c(C)s1. The first-order valence-electron chi connectivity index (χ1n) is 6.38. The van der Waals surface area contributed by atoms with Gasteiger partial charge in [-0.1, -0.05) is 13.3 Å². The molecule has 0 fully saturated rings. The van der Waals surface area contributed by atoms with Gasteiger partial charge in [0.15, 0.2) is 0 Å². The molecular weight excluding hydrogens is 232 g/mol. The Bertz CT molecular complexity index is 313. The second-order valence-corrected chi connectivity index (χ2v) is 5.69. The first-order chi connectivity index (χ1) is 8.08. The highest BCUT2D eigenvalue weighted by Crippen LogP contribution is 2.19. The number of rotatable bonds is 7. The molecule has 98 valence electrons. The van der Waals surface area contributed by atoms with Crippen molar-refractivity contribution in [2.75, 3.05) is 6.61 Å². The number of hydrogen-bond acceptors (Lipinski definition) is 4. The predicted molar refractivity (Wildman–Crippen MR) is 73.6 cm³/mol. The van der Waals surface area contributed by atoms with Crippen molar-refractivity contribution in [2.45, 2.75) is 59.1 Å². The van der Waals surface area contributed by atoms with Crippen LogP contribution in [-0.2, 0) is 11.2 Å². The van der Waals surface area contributed by atoms with Crippen molar-refractivity contribution in [2.24, 2.45) is 5.73 Å². The van der Waals surface area contributed by atoms with Crippen molar-refractivity contribution in [3.05, 3.63) is 15.6 Å². The van der Waals surface area contributed by atoms with Crippen molar-refractivity contribution in [1.29, 1.82) is 0 Å². The van der Waals surface area contributed by atoms with Crippen LogP contribution in [0.3, 0.4) is 0 Å². The lowest BCUT2D eigenvalue weighted by Crippen LogP contribution is -2.38. The van der Waals surface area contributed by atoms with E-state index in [2.05, 4.69) is 18.8 Å². The maximum Gasteiger partial charge on any atom is 0.0947 e. The zero-order valence-electron chi connectivity index (χ0n) is 11.3. The predicted octanol–water partition coefficient (Wildman–Crippen LogP) is 2.83.